The van der Waals surface area contributed by atoms with Crippen molar-refractivity contribution < 1.29 is 63.5 Å². The van der Waals surface area contributed by atoms with Gasteiger partial charge >= 0.3 is 5.97 Å². The normalized spacial score (nSPS) is 36.8. The van der Waals surface area contributed by atoms with E-state index in [4.69, 9.17) is 39.7 Å². The number of aliphatic hydroxyl groups excluding tert-OH is 3. The van der Waals surface area contributed by atoms with E-state index in [1.807, 2.05) is 51.0 Å². The van der Waals surface area contributed by atoms with Crippen molar-refractivity contribution in [3.8, 4) is 0 Å². The van der Waals surface area contributed by atoms with E-state index >= 15 is 0 Å². The smallest absolute Gasteiger partial charge is 0.311 e. The summed E-state index contributed by atoms with van der Waals surface area (Å²) in [7, 11) is 4.34. The highest BCUT2D eigenvalue weighted by atomic mass is 35.7. The maximum absolute atomic E-state index is 14.6. The largest absolute Gasteiger partial charge is 0.459 e. The first-order valence-corrected chi connectivity index (χ1v) is 31.8. The van der Waals surface area contributed by atoms with Gasteiger partial charge in [0.05, 0.1) is 54.9 Å². The summed E-state index contributed by atoms with van der Waals surface area (Å²) in [6.07, 6.45) is 1.05. The van der Waals surface area contributed by atoms with E-state index in [1.165, 1.54) is 35.8 Å². The van der Waals surface area contributed by atoms with Crippen LogP contribution in [0.3, 0.4) is 0 Å². The van der Waals surface area contributed by atoms with E-state index in [-0.39, 0.29) is 50.3 Å². The van der Waals surface area contributed by atoms with Crippen LogP contribution in [0.15, 0.2) is 48.5 Å². The van der Waals surface area contributed by atoms with Gasteiger partial charge in [0.25, 0.3) is 0 Å². The third-order valence-corrected chi connectivity index (χ3v) is 20.2. The van der Waals surface area contributed by atoms with E-state index in [0.717, 1.165) is 57.8 Å². The zero-order valence-electron chi connectivity index (χ0n) is 50.3. The number of amides is 1. The van der Waals surface area contributed by atoms with Gasteiger partial charge in [0.15, 0.2) is 12.6 Å². The molecule has 5 rings (SSSR count). The molecule has 1 unspecified atom stereocenters. The van der Waals surface area contributed by atoms with Crippen LogP contribution in [0.1, 0.15) is 170 Å². The molecule has 2 aromatic rings. The molecular weight excluding hydrogens is 1050 g/mol. The molecule has 19 atom stereocenters. The van der Waals surface area contributed by atoms with Gasteiger partial charge in [-0.15, -0.1) is 0 Å². The summed E-state index contributed by atoms with van der Waals surface area (Å²) in [4.78, 5) is 32.7. The third kappa shape index (κ3) is 17.8. The van der Waals surface area contributed by atoms with Gasteiger partial charge in [0.2, 0.25) is 5.91 Å². The molecule has 450 valence electrons. The zero-order valence-corrected chi connectivity index (χ0v) is 52.0. The molecule has 0 radical (unpaired) electrons. The van der Waals surface area contributed by atoms with E-state index in [1.54, 1.807) is 53.4 Å². The van der Waals surface area contributed by atoms with Gasteiger partial charge in [-0.05, 0) is 130 Å². The first-order chi connectivity index (χ1) is 37.2. The summed E-state index contributed by atoms with van der Waals surface area (Å²) in [6, 6.07) is 15.7. The minimum atomic E-state index is -2.00. The molecule has 17 heteroatoms. The molecule has 15 nitrogen and oxygen atoms in total. The monoisotopic (exact) mass is 1150 g/mol. The fourth-order valence-electron chi connectivity index (χ4n) is 12.6. The van der Waals surface area contributed by atoms with Crippen LogP contribution in [0.5, 0.6) is 0 Å². The highest BCUT2D eigenvalue weighted by Gasteiger charge is 2.53. The van der Waals surface area contributed by atoms with E-state index in [2.05, 4.69) is 37.3 Å². The van der Waals surface area contributed by atoms with Gasteiger partial charge in [-0.3, -0.25) is 9.59 Å². The summed E-state index contributed by atoms with van der Waals surface area (Å²) in [5, 5.41) is 62.7. The lowest BCUT2D eigenvalue weighted by molar-refractivity contribution is -0.318. The van der Waals surface area contributed by atoms with Crippen molar-refractivity contribution in [2.45, 2.75) is 263 Å². The minimum absolute atomic E-state index is 0.0737. The number of aliphatic hydroxyl groups is 5. The summed E-state index contributed by atoms with van der Waals surface area (Å²) < 4.78 is 38.2. The van der Waals surface area contributed by atoms with Gasteiger partial charge in [0, 0.05) is 38.5 Å². The van der Waals surface area contributed by atoms with Crippen LogP contribution in [0.2, 0.25) is 0 Å². The van der Waals surface area contributed by atoms with Crippen LogP contribution >= 0.6 is 18.5 Å². The summed E-state index contributed by atoms with van der Waals surface area (Å²) in [5.41, 5.74) is -2.18. The number of ether oxygens (including phenoxy) is 6. The maximum atomic E-state index is 14.6. The molecule has 0 aliphatic carbocycles. The summed E-state index contributed by atoms with van der Waals surface area (Å²) in [6.45, 7) is 19.5. The number of benzene rings is 2. The lowest BCUT2D eigenvalue weighted by Crippen LogP contribution is -2.60. The van der Waals surface area contributed by atoms with Gasteiger partial charge in [-0.2, -0.15) is 0 Å². The third-order valence-electron chi connectivity index (χ3n) is 17.5. The van der Waals surface area contributed by atoms with Gasteiger partial charge in [0.1, 0.15) is 30.0 Å². The van der Waals surface area contributed by atoms with E-state index < -0.39 is 109 Å². The first-order valence-electron chi connectivity index (χ1n) is 29.6. The quantitative estimate of drug-likeness (QED) is 0.0452. The fraction of sp³-hybridized carbons (Fsp3) is 0.774. The molecule has 0 aromatic heterocycles. The minimum Gasteiger partial charge on any atom is -0.459 e. The lowest BCUT2D eigenvalue weighted by Gasteiger charge is -2.48. The SMILES string of the molecule is CC[C@H]1OC(=O)[C@H](C)[C@@H](O[C@H]2C[C@@](C)(OC)[C@@H](O)[C@H](C)O2)[C@H](C)[C@@H](O[C@@H]2O[C@H](C)C[C@H](N(C)C)[C@H]2O)[C@](C)(O)C[C@@H](C)CN(C(=O)CCCCCCCCCCCc2cc(C)ccc2P(Cl)c2ccccc2)[C@H](C)[C@@H](O)[C@]1(C)O. The number of nitrogens with zero attached hydrogens (tertiary/aromatic N) is 2. The number of unbranched alkanes of at least 4 members (excludes halogenated alkanes) is 8. The van der Waals surface area contributed by atoms with Crippen LogP contribution in [-0.4, -0.2) is 165 Å². The number of hydrogen-bond donors (Lipinski definition) is 5. The number of cyclic esters (lactones) is 1. The lowest BCUT2D eigenvalue weighted by atomic mass is 9.77. The van der Waals surface area contributed by atoms with Gasteiger partial charge < -0.3 is 63.8 Å². The van der Waals surface area contributed by atoms with Crippen LogP contribution < -0.4 is 10.6 Å². The Kier molecular flexibility index (Phi) is 26.0. The number of aryl methyl sites for hydroxylation is 2. The molecule has 3 saturated heterocycles. The predicted octanol–water partition coefficient (Wildman–Crippen LogP) is 8.84. The maximum Gasteiger partial charge on any atom is 0.311 e. The average molecular weight is 1150 g/mol. The van der Waals surface area contributed by atoms with Crippen molar-refractivity contribution >= 4 is 41.0 Å². The highest BCUT2D eigenvalue weighted by molar-refractivity contribution is 7.95. The molecule has 0 saturated carbocycles. The van der Waals surface area contributed by atoms with Crippen molar-refractivity contribution in [2.75, 3.05) is 27.7 Å². The standard InChI is InChI=1S/C62H102ClN2O13P/c1-15-50-62(11,72)55(68)44(7)65(51(66)31-27-22-20-18-16-17-19-21-24-28-46-34-39(2)32-33-49(46)79(63)47-29-25-23-26-30-47)38-40(3)36-60(9,71)57(78-59-53(67)48(64(12)13)35-41(4)74-59)42(5)54(43(6)58(70)76-50)77-52-37-61(10,73-14)56(69)45(8)75-52/h23,25-26,29-30,32-34,40-45,48,50,52-57,59,67-69,71-72H,15-22,24,27-28,31,35-38H2,1-14H3/t40-,41-,42+,43-,44-,45+,48+,50-,52+,53-,54+,55-,56+,57-,59+,60-,61-,62-,79?/m1/s1. The molecule has 5 N–H and O–H groups in total. The van der Waals surface area contributed by atoms with Crippen molar-refractivity contribution in [3.05, 3.63) is 59.7 Å². The molecule has 0 spiro atoms. The first kappa shape index (κ1) is 67.5. The Morgan fingerprint density at radius 3 is 2.08 bits per heavy atom. The number of esters is 1. The second kappa shape index (κ2) is 30.5. The molecule has 0 bridgehead atoms. The molecule has 3 fully saturated rings. The topological polar surface area (TPSA) is 197 Å². The Balaban J connectivity index is 1.30. The summed E-state index contributed by atoms with van der Waals surface area (Å²) in [5.74, 6) is -3.26. The number of hydrogen-bond acceptors (Lipinski definition) is 14. The Hall–Kier alpha value is -2.34. The van der Waals surface area contributed by atoms with Crippen molar-refractivity contribution in [1.82, 2.24) is 9.80 Å². The van der Waals surface area contributed by atoms with Crippen LogP contribution in [0.4, 0.5) is 0 Å². The molecule has 79 heavy (non-hydrogen) atoms. The molecule has 3 heterocycles. The van der Waals surface area contributed by atoms with Crippen molar-refractivity contribution in [3.63, 3.8) is 0 Å². The Morgan fingerprint density at radius 2 is 1.47 bits per heavy atom. The Bertz CT molecular complexity index is 2170. The van der Waals surface area contributed by atoms with Crippen LogP contribution in [0.25, 0.3) is 0 Å². The molecule has 3 aliphatic heterocycles. The van der Waals surface area contributed by atoms with E-state index in [9.17, 15) is 35.1 Å². The molecular formula is C62H102ClN2O13P. The predicted molar refractivity (Wildman–Crippen MR) is 313 cm³/mol. The molecule has 3 aliphatic rings. The number of halogens is 1. The number of methoxy groups -OCH3 is 1. The fourth-order valence-corrected chi connectivity index (χ4v) is 14.8. The zero-order chi connectivity index (χ0) is 58.6. The Labute approximate surface area is 480 Å². The molecule has 1 amide bonds. The van der Waals surface area contributed by atoms with Crippen LogP contribution in [-0.2, 0) is 44.4 Å². The average Bonchev–Trinajstić information content (AvgIpc) is 3.43. The second-order valence-corrected chi connectivity index (χ2v) is 27.3. The van der Waals surface area contributed by atoms with E-state index in [0.29, 0.717) is 12.8 Å². The number of rotatable bonds is 21. The summed E-state index contributed by atoms with van der Waals surface area (Å²) >= 11 is 7.05. The van der Waals surface area contributed by atoms with Crippen molar-refractivity contribution in [2.24, 2.45) is 17.8 Å². The molecule has 2 aromatic carbocycles. The van der Waals surface area contributed by atoms with Crippen LogP contribution in [0, 0.1) is 24.7 Å². The van der Waals surface area contributed by atoms with Crippen molar-refractivity contribution in [1.29, 1.82) is 0 Å². The van der Waals surface area contributed by atoms with Gasteiger partial charge in [-0.25, -0.2) is 0 Å². The number of likely N-dealkylation sites (N-methyl/N-ethyl adjacent to an activating group) is 1. The Morgan fingerprint density at radius 1 is 0.848 bits per heavy atom. The van der Waals surface area contributed by atoms with Gasteiger partial charge in [-0.1, -0.05) is 131 Å². The highest BCUT2D eigenvalue weighted by Crippen LogP contribution is 2.42. The number of carbonyl (C=O) groups is 2. The second-order valence-electron chi connectivity index (χ2n) is 24.7. The number of carbonyl (C=O) groups excluding carboxylic acids is 2.